The molecule has 0 saturated heterocycles. The van der Waals surface area contributed by atoms with E-state index >= 15 is 0 Å². The van der Waals surface area contributed by atoms with Gasteiger partial charge in [0, 0.05) is 24.3 Å². The van der Waals surface area contributed by atoms with Crippen molar-refractivity contribution in [1.82, 2.24) is 0 Å². The highest BCUT2D eigenvalue weighted by Gasteiger charge is 2.22. The number of ketones is 2. The van der Waals surface area contributed by atoms with Crippen LogP contribution in [-0.4, -0.2) is 11.6 Å². The van der Waals surface area contributed by atoms with Gasteiger partial charge in [0.25, 0.3) is 0 Å². The van der Waals surface area contributed by atoms with Crippen molar-refractivity contribution >= 4 is 11.6 Å². The standard InChI is InChI=1S/C16H20O2/c1-12-6-8-14(9-7-12)16(18)11-10-13-4-2-3-5-15(13)17/h6-9,13H,2-5,10-11H2,1H3/t13-/m1/s1. The van der Waals surface area contributed by atoms with Crippen LogP contribution in [0.1, 0.15) is 54.4 Å². The molecule has 1 aliphatic carbocycles. The van der Waals surface area contributed by atoms with E-state index in [9.17, 15) is 9.59 Å². The molecule has 0 N–H and O–H groups in total. The molecule has 0 heterocycles. The highest BCUT2D eigenvalue weighted by molar-refractivity contribution is 5.96. The molecule has 1 saturated carbocycles. The fraction of sp³-hybridized carbons (Fsp3) is 0.500. The Bertz CT molecular complexity index is 431. The summed E-state index contributed by atoms with van der Waals surface area (Å²) in [5.41, 5.74) is 1.93. The minimum Gasteiger partial charge on any atom is -0.299 e. The van der Waals surface area contributed by atoms with Crippen molar-refractivity contribution in [3.8, 4) is 0 Å². The summed E-state index contributed by atoms with van der Waals surface area (Å²) in [5, 5.41) is 0. The van der Waals surface area contributed by atoms with Crippen molar-refractivity contribution in [2.75, 3.05) is 0 Å². The maximum atomic E-state index is 12.0. The van der Waals surface area contributed by atoms with Gasteiger partial charge in [0.05, 0.1) is 0 Å². The van der Waals surface area contributed by atoms with Crippen LogP contribution in [0.5, 0.6) is 0 Å². The Morgan fingerprint density at radius 3 is 2.61 bits per heavy atom. The van der Waals surface area contributed by atoms with Crippen LogP contribution in [0, 0.1) is 12.8 Å². The molecule has 2 rings (SSSR count). The van der Waals surface area contributed by atoms with Gasteiger partial charge in [-0.25, -0.2) is 0 Å². The largest absolute Gasteiger partial charge is 0.299 e. The Balaban J connectivity index is 1.88. The zero-order valence-corrected chi connectivity index (χ0v) is 10.9. The van der Waals surface area contributed by atoms with Crippen LogP contribution < -0.4 is 0 Å². The third-order valence-electron chi connectivity index (χ3n) is 3.77. The monoisotopic (exact) mass is 244 g/mol. The molecule has 18 heavy (non-hydrogen) atoms. The molecule has 2 nitrogen and oxygen atoms in total. The third-order valence-corrected chi connectivity index (χ3v) is 3.77. The number of benzene rings is 1. The van der Waals surface area contributed by atoms with Gasteiger partial charge in [0.2, 0.25) is 0 Å². The van der Waals surface area contributed by atoms with Crippen molar-refractivity contribution < 1.29 is 9.59 Å². The lowest BCUT2D eigenvalue weighted by atomic mass is 9.84. The minimum atomic E-state index is 0.133. The maximum absolute atomic E-state index is 12.0. The lowest BCUT2D eigenvalue weighted by Crippen LogP contribution is -2.19. The molecular formula is C16H20O2. The molecule has 0 aliphatic heterocycles. The van der Waals surface area contributed by atoms with E-state index in [0.717, 1.165) is 36.8 Å². The quantitative estimate of drug-likeness (QED) is 0.756. The SMILES string of the molecule is Cc1ccc(C(=O)CC[C@H]2CCCCC2=O)cc1. The molecule has 0 radical (unpaired) electrons. The number of hydrogen-bond acceptors (Lipinski definition) is 2. The van der Waals surface area contributed by atoms with Crippen molar-refractivity contribution in [2.45, 2.75) is 45.4 Å². The number of Topliss-reactive ketones (excluding diaryl/α,β-unsaturated/α-hetero) is 2. The Hall–Kier alpha value is -1.44. The number of hydrogen-bond donors (Lipinski definition) is 0. The van der Waals surface area contributed by atoms with E-state index in [2.05, 4.69) is 0 Å². The summed E-state index contributed by atoms with van der Waals surface area (Å²) in [6.45, 7) is 2.01. The van der Waals surface area contributed by atoms with E-state index in [1.165, 1.54) is 0 Å². The molecule has 1 aromatic carbocycles. The molecule has 0 bridgehead atoms. The average Bonchev–Trinajstić information content (AvgIpc) is 2.38. The Morgan fingerprint density at radius 2 is 1.94 bits per heavy atom. The second-order valence-corrected chi connectivity index (χ2v) is 5.24. The molecule has 96 valence electrons. The Morgan fingerprint density at radius 1 is 1.22 bits per heavy atom. The van der Waals surface area contributed by atoms with Gasteiger partial charge in [-0.3, -0.25) is 9.59 Å². The highest BCUT2D eigenvalue weighted by Crippen LogP contribution is 2.25. The smallest absolute Gasteiger partial charge is 0.162 e. The van der Waals surface area contributed by atoms with E-state index in [4.69, 9.17) is 0 Å². The topological polar surface area (TPSA) is 34.1 Å². The van der Waals surface area contributed by atoms with E-state index in [1.807, 2.05) is 31.2 Å². The molecular weight excluding hydrogens is 224 g/mol. The van der Waals surface area contributed by atoms with Crippen molar-refractivity contribution in [2.24, 2.45) is 5.92 Å². The lowest BCUT2D eigenvalue weighted by molar-refractivity contribution is -0.124. The molecule has 1 atom stereocenters. The van der Waals surface area contributed by atoms with Crippen LogP contribution in [0.15, 0.2) is 24.3 Å². The molecule has 0 spiro atoms. The fourth-order valence-electron chi connectivity index (χ4n) is 2.55. The van der Waals surface area contributed by atoms with Gasteiger partial charge >= 0.3 is 0 Å². The second-order valence-electron chi connectivity index (χ2n) is 5.24. The molecule has 0 aromatic heterocycles. The highest BCUT2D eigenvalue weighted by atomic mass is 16.1. The van der Waals surface area contributed by atoms with Crippen molar-refractivity contribution in [3.63, 3.8) is 0 Å². The second kappa shape index (κ2) is 5.94. The number of carbonyl (C=O) groups is 2. The van der Waals surface area contributed by atoms with Gasteiger partial charge in [0.15, 0.2) is 5.78 Å². The van der Waals surface area contributed by atoms with E-state index < -0.39 is 0 Å². The van der Waals surface area contributed by atoms with Gasteiger partial charge in [-0.1, -0.05) is 36.2 Å². The lowest BCUT2D eigenvalue weighted by Gasteiger charge is -2.19. The van der Waals surface area contributed by atoms with Crippen LogP contribution >= 0.6 is 0 Å². The summed E-state index contributed by atoms with van der Waals surface area (Å²) in [4.78, 5) is 23.7. The predicted molar refractivity (Wildman–Crippen MR) is 71.7 cm³/mol. The molecule has 1 fully saturated rings. The summed E-state index contributed by atoms with van der Waals surface area (Å²) in [6.07, 6.45) is 5.07. The van der Waals surface area contributed by atoms with Crippen molar-refractivity contribution in [3.05, 3.63) is 35.4 Å². The minimum absolute atomic E-state index is 0.133. The molecule has 2 heteroatoms. The first kappa shape index (κ1) is 13.0. The molecule has 1 aliphatic rings. The fourth-order valence-corrected chi connectivity index (χ4v) is 2.55. The van der Waals surface area contributed by atoms with Crippen LogP contribution in [0.4, 0.5) is 0 Å². The first-order valence-electron chi connectivity index (χ1n) is 6.79. The van der Waals surface area contributed by atoms with Crippen LogP contribution in [0.2, 0.25) is 0 Å². The molecule has 0 amide bonds. The first-order chi connectivity index (χ1) is 8.66. The van der Waals surface area contributed by atoms with E-state index in [0.29, 0.717) is 18.6 Å². The van der Waals surface area contributed by atoms with Crippen LogP contribution in [-0.2, 0) is 4.79 Å². The zero-order valence-electron chi connectivity index (χ0n) is 10.9. The van der Waals surface area contributed by atoms with Crippen molar-refractivity contribution in [1.29, 1.82) is 0 Å². The molecule has 1 aromatic rings. The van der Waals surface area contributed by atoms with Crippen LogP contribution in [0.3, 0.4) is 0 Å². The summed E-state index contributed by atoms with van der Waals surface area (Å²) in [5.74, 6) is 0.652. The average molecular weight is 244 g/mol. The predicted octanol–water partition coefficient (Wildman–Crippen LogP) is 3.72. The summed E-state index contributed by atoms with van der Waals surface area (Å²) >= 11 is 0. The normalized spacial score (nSPS) is 19.8. The van der Waals surface area contributed by atoms with Gasteiger partial charge in [-0.15, -0.1) is 0 Å². The van der Waals surface area contributed by atoms with E-state index in [1.54, 1.807) is 0 Å². The number of aryl methyl sites for hydroxylation is 1. The summed E-state index contributed by atoms with van der Waals surface area (Å²) in [7, 11) is 0. The number of carbonyl (C=O) groups excluding carboxylic acids is 2. The van der Waals surface area contributed by atoms with Crippen LogP contribution in [0.25, 0.3) is 0 Å². The zero-order chi connectivity index (χ0) is 13.0. The maximum Gasteiger partial charge on any atom is 0.162 e. The van der Waals surface area contributed by atoms with E-state index in [-0.39, 0.29) is 11.7 Å². The van der Waals surface area contributed by atoms with Gasteiger partial charge in [-0.05, 0) is 26.2 Å². The third kappa shape index (κ3) is 3.28. The Kier molecular flexibility index (Phi) is 4.29. The first-order valence-corrected chi connectivity index (χ1v) is 6.79. The summed E-state index contributed by atoms with van der Waals surface area (Å²) < 4.78 is 0. The van der Waals surface area contributed by atoms with Gasteiger partial charge in [0.1, 0.15) is 5.78 Å². The number of rotatable bonds is 4. The van der Waals surface area contributed by atoms with Gasteiger partial charge < -0.3 is 0 Å². The Labute approximate surface area is 108 Å². The van der Waals surface area contributed by atoms with Gasteiger partial charge in [-0.2, -0.15) is 0 Å². The molecule has 0 unspecified atom stereocenters. The summed E-state index contributed by atoms with van der Waals surface area (Å²) in [6, 6.07) is 7.67.